The maximum atomic E-state index is 12.1. The van der Waals surface area contributed by atoms with E-state index >= 15 is 0 Å². The molecule has 0 bridgehead atoms. The lowest BCUT2D eigenvalue weighted by atomic mass is 10.0. The van der Waals surface area contributed by atoms with E-state index < -0.39 is 0 Å². The molecule has 0 aromatic heterocycles. The highest BCUT2D eigenvalue weighted by molar-refractivity contribution is 5.81. The van der Waals surface area contributed by atoms with Crippen molar-refractivity contribution in [3.8, 4) is 5.75 Å². The maximum absolute atomic E-state index is 12.1. The molecule has 0 radical (unpaired) electrons. The molecule has 0 aliphatic carbocycles. The first kappa shape index (κ1) is 16.5. The van der Waals surface area contributed by atoms with Gasteiger partial charge in [0.25, 0.3) is 0 Å². The highest BCUT2D eigenvalue weighted by Gasteiger charge is 2.19. The van der Waals surface area contributed by atoms with Gasteiger partial charge in [0.2, 0.25) is 5.91 Å². The number of rotatable bonds is 6. The number of amides is 1. The van der Waals surface area contributed by atoms with Gasteiger partial charge < -0.3 is 15.4 Å². The van der Waals surface area contributed by atoms with Crippen molar-refractivity contribution in [3.63, 3.8) is 0 Å². The Morgan fingerprint density at radius 3 is 2.54 bits per heavy atom. The lowest BCUT2D eigenvalue weighted by molar-refractivity contribution is -0.123. The van der Waals surface area contributed by atoms with E-state index in [1.165, 1.54) is 0 Å². The van der Waals surface area contributed by atoms with Crippen LogP contribution >= 0.6 is 0 Å². The average Bonchev–Trinajstić information content (AvgIpc) is 2.67. The van der Waals surface area contributed by atoms with Crippen molar-refractivity contribution in [2.24, 2.45) is 0 Å². The van der Waals surface area contributed by atoms with E-state index in [0.29, 0.717) is 13.2 Å². The van der Waals surface area contributed by atoms with Crippen molar-refractivity contribution in [1.82, 2.24) is 10.6 Å². The Labute approximate surface area is 143 Å². The Balaban J connectivity index is 1.45. The van der Waals surface area contributed by atoms with E-state index in [9.17, 15) is 4.79 Å². The van der Waals surface area contributed by atoms with Gasteiger partial charge in [-0.05, 0) is 42.6 Å². The van der Waals surface area contributed by atoms with Gasteiger partial charge in [-0.25, -0.2) is 0 Å². The third-order valence-electron chi connectivity index (χ3n) is 4.27. The molecule has 1 atom stereocenters. The van der Waals surface area contributed by atoms with Crippen LogP contribution in [0.5, 0.6) is 5.75 Å². The fourth-order valence-corrected chi connectivity index (χ4v) is 2.83. The van der Waals surface area contributed by atoms with E-state index in [4.69, 9.17) is 4.74 Å². The molecular formula is C20H24N2O2. The van der Waals surface area contributed by atoms with Gasteiger partial charge in [0.15, 0.2) is 0 Å². The molecule has 4 nitrogen and oxygen atoms in total. The fraction of sp³-hybridized carbons (Fsp3) is 0.350. The van der Waals surface area contributed by atoms with Gasteiger partial charge in [-0.15, -0.1) is 0 Å². The van der Waals surface area contributed by atoms with Crippen LogP contribution in [0.25, 0.3) is 0 Å². The first-order valence-corrected chi connectivity index (χ1v) is 8.58. The molecule has 2 N–H and O–H groups in total. The smallest absolute Gasteiger partial charge is 0.237 e. The van der Waals surface area contributed by atoms with Crippen LogP contribution in [0.4, 0.5) is 0 Å². The van der Waals surface area contributed by atoms with Gasteiger partial charge in [-0.1, -0.05) is 48.9 Å². The minimum absolute atomic E-state index is 0.0350. The summed E-state index contributed by atoms with van der Waals surface area (Å²) in [7, 11) is 0. The summed E-state index contributed by atoms with van der Waals surface area (Å²) in [4.78, 5) is 12.1. The number of ether oxygens (including phenoxy) is 1. The second kappa shape index (κ2) is 8.50. The maximum Gasteiger partial charge on any atom is 0.237 e. The Bertz CT molecular complexity index is 634. The molecule has 1 unspecified atom stereocenters. The zero-order chi connectivity index (χ0) is 16.6. The van der Waals surface area contributed by atoms with Crippen molar-refractivity contribution in [1.29, 1.82) is 0 Å². The van der Waals surface area contributed by atoms with Crippen LogP contribution in [-0.4, -0.2) is 18.5 Å². The van der Waals surface area contributed by atoms with Gasteiger partial charge in [0.05, 0.1) is 6.04 Å². The largest absolute Gasteiger partial charge is 0.489 e. The normalized spacial score (nSPS) is 17.2. The molecule has 126 valence electrons. The molecule has 24 heavy (non-hydrogen) atoms. The van der Waals surface area contributed by atoms with E-state index in [1.54, 1.807) is 0 Å². The van der Waals surface area contributed by atoms with Gasteiger partial charge in [0.1, 0.15) is 12.4 Å². The van der Waals surface area contributed by atoms with Crippen LogP contribution in [0.1, 0.15) is 30.4 Å². The standard InChI is InChI=1S/C20H24N2O2/c23-20(19-8-4-5-13-21-19)22-14-16-9-11-18(12-10-16)24-15-17-6-2-1-3-7-17/h1-3,6-7,9-12,19,21H,4-5,8,13-15H2,(H,22,23). The molecule has 2 aromatic rings. The van der Waals surface area contributed by atoms with Crippen molar-refractivity contribution < 1.29 is 9.53 Å². The fourth-order valence-electron chi connectivity index (χ4n) is 2.83. The molecule has 3 rings (SSSR count). The van der Waals surface area contributed by atoms with E-state index in [-0.39, 0.29) is 11.9 Å². The lowest BCUT2D eigenvalue weighted by Gasteiger charge is -2.22. The zero-order valence-electron chi connectivity index (χ0n) is 13.8. The molecule has 4 heteroatoms. The Hall–Kier alpha value is -2.33. The summed E-state index contributed by atoms with van der Waals surface area (Å²) in [5, 5.41) is 6.27. The SMILES string of the molecule is O=C(NCc1ccc(OCc2ccccc2)cc1)C1CCCCN1. The van der Waals surface area contributed by atoms with Gasteiger partial charge >= 0.3 is 0 Å². The van der Waals surface area contributed by atoms with Crippen molar-refractivity contribution in [3.05, 3.63) is 65.7 Å². The molecule has 1 aliphatic heterocycles. The van der Waals surface area contributed by atoms with Crippen LogP contribution in [-0.2, 0) is 17.9 Å². The van der Waals surface area contributed by atoms with E-state index in [2.05, 4.69) is 10.6 Å². The van der Waals surface area contributed by atoms with Crippen molar-refractivity contribution in [2.45, 2.75) is 38.5 Å². The number of hydrogen-bond donors (Lipinski definition) is 2. The second-order valence-corrected chi connectivity index (χ2v) is 6.14. The Morgan fingerprint density at radius 1 is 1.04 bits per heavy atom. The summed E-state index contributed by atoms with van der Waals surface area (Å²) in [5.41, 5.74) is 2.22. The first-order chi connectivity index (χ1) is 11.8. The van der Waals surface area contributed by atoms with Crippen LogP contribution in [0.15, 0.2) is 54.6 Å². The third kappa shape index (κ3) is 4.83. The first-order valence-electron chi connectivity index (χ1n) is 8.58. The van der Waals surface area contributed by atoms with Gasteiger partial charge in [-0.2, -0.15) is 0 Å². The summed E-state index contributed by atoms with van der Waals surface area (Å²) < 4.78 is 5.77. The van der Waals surface area contributed by atoms with Gasteiger partial charge in [-0.3, -0.25) is 4.79 Å². The number of carbonyl (C=O) groups is 1. The average molecular weight is 324 g/mol. The summed E-state index contributed by atoms with van der Waals surface area (Å²) in [5.74, 6) is 0.932. The summed E-state index contributed by atoms with van der Waals surface area (Å²) in [6, 6.07) is 17.9. The molecular weight excluding hydrogens is 300 g/mol. The number of benzene rings is 2. The summed E-state index contributed by atoms with van der Waals surface area (Å²) >= 11 is 0. The summed E-state index contributed by atoms with van der Waals surface area (Å²) in [6.07, 6.45) is 3.21. The molecule has 1 aliphatic rings. The molecule has 1 saturated heterocycles. The second-order valence-electron chi connectivity index (χ2n) is 6.14. The quantitative estimate of drug-likeness (QED) is 0.859. The monoisotopic (exact) mass is 324 g/mol. The lowest BCUT2D eigenvalue weighted by Crippen LogP contribution is -2.46. The highest BCUT2D eigenvalue weighted by atomic mass is 16.5. The predicted molar refractivity (Wildman–Crippen MR) is 94.7 cm³/mol. The van der Waals surface area contributed by atoms with Crippen LogP contribution in [0, 0.1) is 0 Å². The molecule has 0 spiro atoms. The Kier molecular flexibility index (Phi) is 5.85. The number of hydrogen-bond acceptors (Lipinski definition) is 3. The zero-order valence-corrected chi connectivity index (χ0v) is 13.8. The van der Waals surface area contributed by atoms with E-state index in [0.717, 1.165) is 42.7 Å². The molecule has 0 saturated carbocycles. The number of piperidine rings is 1. The molecule has 1 fully saturated rings. The topological polar surface area (TPSA) is 50.4 Å². The van der Waals surface area contributed by atoms with Crippen LogP contribution in [0.3, 0.4) is 0 Å². The molecule has 1 amide bonds. The van der Waals surface area contributed by atoms with Crippen LogP contribution < -0.4 is 15.4 Å². The number of carbonyl (C=O) groups excluding carboxylic acids is 1. The van der Waals surface area contributed by atoms with Crippen molar-refractivity contribution >= 4 is 5.91 Å². The highest BCUT2D eigenvalue weighted by Crippen LogP contribution is 2.14. The predicted octanol–water partition coefficient (Wildman–Crippen LogP) is 3.02. The number of nitrogens with one attached hydrogen (secondary N) is 2. The minimum atomic E-state index is -0.0350. The molecule has 2 aromatic carbocycles. The Morgan fingerprint density at radius 2 is 1.83 bits per heavy atom. The minimum Gasteiger partial charge on any atom is -0.489 e. The van der Waals surface area contributed by atoms with Gasteiger partial charge in [0, 0.05) is 6.54 Å². The summed E-state index contributed by atoms with van der Waals surface area (Å²) in [6.45, 7) is 2.05. The molecule has 1 heterocycles. The van der Waals surface area contributed by atoms with Crippen molar-refractivity contribution in [2.75, 3.05) is 6.54 Å². The third-order valence-corrected chi connectivity index (χ3v) is 4.27. The van der Waals surface area contributed by atoms with Crippen LogP contribution in [0.2, 0.25) is 0 Å². The van der Waals surface area contributed by atoms with E-state index in [1.807, 2.05) is 54.6 Å².